The normalized spacial score (nSPS) is 23.2. The van der Waals surface area contributed by atoms with Crippen LogP contribution < -0.4 is 5.32 Å². The molecule has 0 amide bonds. The van der Waals surface area contributed by atoms with Crippen molar-refractivity contribution in [2.24, 2.45) is 5.92 Å². The molecule has 0 aromatic heterocycles. The summed E-state index contributed by atoms with van der Waals surface area (Å²) in [6.07, 6.45) is 3.74. The Labute approximate surface area is 112 Å². The van der Waals surface area contributed by atoms with Crippen molar-refractivity contribution in [1.82, 2.24) is 10.2 Å². The molecule has 1 N–H and O–H groups in total. The Hall–Kier alpha value is -0.130. The van der Waals surface area contributed by atoms with Gasteiger partial charge in [0.05, 0.1) is 5.75 Å². The molecule has 5 heteroatoms. The van der Waals surface area contributed by atoms with Gasteiger partial charge in [0.1, 0.15) is 9.84 Å². The van der Waals surface area contributed by atoms with Gasteiger partial charge in [-0.15, -0.1) is 0 Å². The average Bonchev–Trinajstić information content (AvgIpc) is 2.22. The molecule has 0 saturated carbocycles. The molecule has 1 aliphatic heterocycles. The van der Waals surface area contributed by atoms with Gasteiger partial charge in [0, 0.05) is 24.9 Å². The Balaban J connectivity index is 2.32. The van der Waals surface area contributed by atoms with Crippen LogP contribution in [0.25, 0.3) is 0 Å². The molecule has 108 valence electrons. The Kier molecular flexibility index (Phi) is 5.62. The zero-order valence-electron chi connectivity index (χ0n) is 12.2. The number of sulfone groups is 1. The molecule has 1 saturated heterocycles. The van der Waals surface area contributed by atoms with Crippen LogP contribution in [0.15, 0.2) is 0 Å². The Bertz CT molecular complexity index is 346. The summed E-state index contributed by atoms with van der Waals surface area (Å²) in [5.41, 5.74) is 0.162. The predicted molar refractivity (Wildman–Crippen MR) is 76.6 cm³/mol. The fraction of sp³-hybridized carbons (Fsp3) is 1.00. The quantitative estimate of drug-likeness (QED) is 0.818. The molecule has 1 heterocycles. The zero-order chi connectivity index (χ0) is 13.8. The lowest BCUT2D eigenvalue weighted by molar-refractivity contribution is 0.174. The van der Waals surface area contributed by atoms with Crippen LogP contribution in [-0.2, 0) is 9.84 Å². The number of piperidine rings is 1. The number of nitrogens with one attached hydrogen (secondary N) is 1. The van der Waals surface area contributed by atoms with Crippen LogP contribution in [0.4, 0.5) is 0 Å². The summed E-state index contributed by atoms with van der Waals surface area (Å²) < 4.78 is 22.3. The maximum absolute atomic E-state index is 11.2. The monoisotopic (exact) mass is 276 g/mol. The van der Waals surface area contributed by atoms with Gasteiger partial charge in [-0.1, -0.05) is 0 Å². The zero-order valence-corrected chi connectivity index (χ0v) is 13.0. The van der Waals surface area contributed by atoms with Crippen molar-refractivity contribution in [1.29, 1.82) is 0 Å². The highest BCUT2D eigenvalue weighted by Crippen LogP contribution is 2.16. The summed E-state index contributed by atoms with van der Waals surface area (Å²) in [4.78, 5) is 2.29. The summed E-state index contributed by atoms with van der Waals surface area (Å²) >= 11 is 0. The van der Waals surface area contributed by atoms with E-state index in [9.17, 15) is 8.42 Å². The molecule has 1 rings (SSSR count). The van der Waals surface area contributed by atoms with Gasteiger partial charge in [0.2, 0.25) is 0 Å². The first kappa shape index (κ1) is 15.9. The molecule has 0 aromatic carbocycles. The lowest BCUT2D eigenvalue weighted by Crippen LogP contribution is -2.45. The highest BCUT2D eigenvalue weighted by Gasteiger charge is 2.21. The smallest absolute Gasteiger partial charge is 0.148 e. The van der Waals surface area contributed by atoms with E-state index in [4.69, 9.17) is 0 Å². The largest absolute Gasteiger partial charge is 0.312 e. The number of hydrogen-bond donors (Lipinski definition) is 1. The maximum Gasteiger partial charge on any atom is 0.148 e. The van der Waals surface area contributed by atoms with Crippen molar-refractivity contribution in [2.45, 2.75) is 39.2 Å². The van der Waals surface area contributed by atoms with E-state index in [0.29, 0.717) is 12.5 Å². The van der Waals surface area contributed by atoms with Gasteiger partial charge in [0.25, 0.3) is 0 Å². The van der Waals surface area contributed by atoms with E-state index in [1.54, 1.807) is 0 Å². The van der Waals surface area contributed by atoms with E-state index in [1.807, 2.05) is 0 Å². The van der Waals surface area contributed by atoms with Crippen LogP contribution >= 0.6 is 0 Å². The second-order valence-electron chi connectivity index (χ2n) is 6.57. The number of nitrogens with zero attached hydrogens (tertiary/aromatic N) is 1. The molecule has 1 unspecified atom stereocenters. The van der Waals surface area contributed by atoms with Crippen molar-refractivity contribution in [3.63, 3.8) is 0 Å². The van der Waals surface area contributed by atoms with Gasteiger partial charge in [-0.2, -0.15) is 0 Å². The average molecular weight is 276 g/mol. The van der Waals surface area contributed by atoms with E-state index in [0.717, 1.165) is 19.6 Å². The van der Waals surface area contributed by atoms with Crippen LogP contribution in [0, 0.1) is 5.92 Å². The van der Waals surface area contributed by atoms with Crippen LogP contribution in [0.5, 0.6) is 0 Å². The molecular formula is C13H28N2O2S. The molecule has 18 heavy (non-hydrogen) atoms. The van der Waals surface area contributed by atoms with Gasteiger partial charge in [-0.05, 0) is 52.6 Å². The third kappa shape index (κ3) is 7.34. The fourth-order valence-electron chi connectivity index (χ4n) is 2.27. The minimum Gasteiger partial charge on any atom is -0.312 e. The lowest BCUT2D eigenvalue weighted by atomic mass is 9.96. The van der Waals surface area contributed by atoms with E-state index in [-0.39, 0.29) is 11.3 Å². The van der Waals surface area contributed by atoms with Crippen molar-refractivity contribution < 1.29 is 8.42 Å². The third-order valence-corrected chi connectivity index (χ3v) is 4.23. The van der Waals surface area contributed by atoms with E-state index in [2.05, 4.69) is 31.0 Å². The highest BCUT2D eigenvalue weighted by atomic mass is 32.2. The summed E-state index contributed by atoms with van der Waals surface area (Å²) in [6.45, 7) is 10.3. The summed E-state index contributed by atoms with van der Waals surface area (Å²) in [5, 5.41) is 3.54. The van der Waals surface area contributed by atoms with Crippen molar-refractivity contribution in [2.75, 3.05) is 38.2 Å². The van der Waals surface area contributed by atoms with E-state index >= 15 is 0 Å². The minimum absolute atomic E-state index is 0.162. The molecule has 1 atom stereocenters. The third-order valence-electron chi connectivity index (χ3n) is 3.30. The Morgan fingerprint density at radius 2 is 2.00 bits per heavy atom. The van der Waals surface area contributed by atoms with Gasteiger partial charge < -0.3 is 10.2 Å². The van der Waals surface area contributed by atoms with Crippen molar-refractivity contribution in [3.8, 4) is 0 Å². The minimum atomic E-state index is -2.83. The summed E-state index contributed by atoms with van der Waals surface area (Å²) in [6, 6.07) is 0. The predicted octanol–water partition coefficient (Wildman–Crippen LogP) is 1.13. The second-order valence-corrected chi connectivity index (χ2v) is 8.83. The molecule has 0 bridgehead atoms. The first-order valence-electron chi connectivity index (χ1n) is 6.81. The maximum atomic E-state index is 11.2. The standard InChI is InChI=1S/C13H28N2O2S/c1-13(2,3)14-10-12-6-5-7-15(11-12)8-9-18(4,16)17/h12,14H,5-11H2,1-4H3. The van der Waals surface area contributed by atoms with E-state index in [1.165, 1.54) is 19.1 Å². The molecule has 1 fully saturated rings. The molecule has 0 radical (unpaired) electrons. The molecule has 1 aliphatic rings. The van der Waals surface area contributed by atoms with Crippen LogP contribution in [0.2, 0.25) is 0 Å². The lowest BCUT2D eigenvalue weighted by Gasteiger charge is -2.34. The molecule has 4 nitrogen and oxygen atoms in total. The van der Waals surface area contributed by atoms with Crippen molar-refractivity contribution in [3.05, 3.63) is 0 Å². The highest BCUT2D eigenvalue weighted by molar-refractivity contribution is 7.90. The van der Waals surface area contributed by atoms with Crippen LogP contribution in [-0.4, -0.2) is 57.0 Å². The van der Waals surface area contributed by atoms with Gasteiger partial charge in [-0.25, -0.2) is 8.42 Å². The first-order chi connectivity index (χ1) is 8.16. The number of likely N-dealkylation sites (tertiary alicyclic amines) is 1. The van der Waals surface area contributed by atoms with Crippen LogP contribution in [0.3, 0.4) is 0 Å². The Morgan fingerprint density at radius 1 is 1.33 bits per heavy atom. The number of rotatable bonds is 5. The fourth-order valence-corrected chi connectivity index (χ4v) is 2.86. The molecule has 0 aliphatic carbocycles. The van der Waals surface area contributed by atoms with Crippen LogP contribution in [0.1, 0.15) is 33.6 Å². The molecule has 0 aromatic rings. The second kappa shape index (κ2) is 6.35. The Morgan fingerprint density at radius 3 is 2.56 bits per heavy atom. The molecular weight excluding hydrogens is 248 g/mol. The van der Waals surface area contributed by atoms with E-state index < -0.39 is 9.84 Å². The van der Waals surface area contributed by atoms with Gasteiger partial charge >= 0.3 is 0 Å². The van der Waals surface area contributed by atoms with Gasteiger partial charge in [-0.3, -0.25) is 0 Å². The summed E-state index contributed by atoms with van der Waals surface area (Å²) in [7, 11) is -2.83. The SMILES string of the molecule is CC(C)(C)NCC1CCCN(CCS(C)(=O)=O)C1. The topological polar surface area (TPSA) is 49.4 Å². The number of hydrogen-bond acceptors (Lipinski definition) is 4. The first-order valence-corrected chi connectivity index (χ1v) is 8.87. The van der Waals surface area contributed by atoms with Crippen molar-refractivity contribution >= 4 is 9.84 Å². The van der Waals surface area contributed by atoms with Gasteiger partial charge in [0.15, 0.2) is 0 Å². The molecule has 0 spiro atoms. The summed E-state index contributed by atoms with van der Waals surface area (Å²) in [5.74, 6) is 0.935.